The highest BCUT2D eigenvalue weighted by Gasteiger charge is 2.27. The molecule has 10 heteroatoms. The van der Waals surface area contributed by atoms with Crippen molar-refractivity contribution in [3.05, 3.63) is 176 Å². The van der Waals surface area contributed by atoms with Crippen molar-refractivity contribution < 1.29 is 19.4 Å². The van der Waals surface area contributed by atoms with Crippen LogP contribution in [0.3, 0.4) is 0 Å². The zero-order valence-corrected chi connectivity index (χ0v) is 23.4. The predicted molar refractivity (Wildman–Crippen MR) is 167 cm³/mol. The molecule has 0 unspecified atom stereocenters. The number of rotatable bonds is 9. The summed E-state index contributed by atoms with van der Waals surface area (Å²) in [6, 6.07) is 33.7. The Hall–Kier alpha value is -6.55. The van der Waals surface area contributed by atoms with Gasteiger partial charge in [0.1, 0.15) is 5.69 Å². The van der Waals surface area contributed by atoms with Crippen LogP contribution < -0.4 is 0 Å². The molecule has 0 saturated heterocycles. The highest BCUT2D eigenvalue weighted by Crippen LogP contribution is 2.39. The molecule has 0 N–H and O–H groups in total. The third-order valence-electron chi connectivity index (χ3n) is 7.27. The number of non-ortho nitro benzene ring substituents is 2. The molecule has 1 aromatic heterocycles. The predicted octanol–water partition coefficient (Wildman–Crippen LogP) is 7.48. The molecule has 5 aromatic carbocycles. The maximum Gasteiger partial charge on any atom is 0.270 e. The molecule has 218 valence electrons. The molecule has 6 rings (SSSR count). The number of nitro benzene ring substituents is 2. The second-order valence-electron chi connectivity index (χ2n) is 10.0. The summed E-state index contributed by atoms with van der Waals surface area (Å²) in [6.45, 7) is 0. The number of carbonyl (C=O) groups excluding carboxylic acids is 2. The van der Waals surface area contributed by atoms with Crippen LogP contribution >= 0.6 is 0 Å². The van der Waals surface area contributed by atoms with E-state index in [2.05, 4.69) is 0 Å². The lowest BCUT2D eigenvalue weighted by molar-refractivity contribution is -0.385. The van der Waals surface area contributed by atoms with Crippen LogP contribution in [0.5, 0.6) is 0 Å². The van der Waals surface area contributed by atoms with Crippen molar-refractivity contribution in [3.8, 4) is 28.1 Å². The van der Waals surface area contributed by atoms with E-state index in [4.69, 9.17) is 5.10 Å². The van der Waals surface area contributed by atoms with E-state index in [9.17, 15) is 29.8 Å². The van der Waals surface area contributed by atoms with Crippen molar-refractivity contribution in [1.29, 1.82) is 0 Å². The summed E-state index contributed by atoms with van der Waals surface area (Å²) < 4.78 is 1.51. The van der Waals surface area contributed by atoms with E-state index in [-0.39, 0.29) is 44.9 Å². The van der Waals surface area contributed by atoms with Crippen LogP contribution in [0.15, 0.2) is 134 Å². The van der Waals surface area contributed by atoms with Crippen LogP contribution in [0.25, 0.3) is 28.1 Å². The fourth-order valence-electron chi connectivity index (χ4n) is 5.08. The summed E-state index contributed by atoms with van der Waals surface area (Å²) in [5.41, 5.74) is 1.78. The van der Waals surface area contributed by atoms with E-state index in [1.54, 1.807) is 91.1 Å². The molecule has 6 aromatic rings. The first-order valence-electron chi connectivity index (χ1n) is 13.7. The smallest absolute Gasteiger partial charge is 0.270 e. The quantitative estimate of drug-likeness (QED) is 0.0960. The third kappa shape index (κ3) is 5.63. The number of benzene rings is 5. The van der Waals surface area contributed by atoms with Crippen molar-refractivity contribution in [2.75, 3.05) is 0 Å². The number of nitrogens with zero attached hydrogens (tertiary/aromatic N) is 4. The Morgan fingerprint density at radius 1 is 0.556 bits per heavy atom. The van der Waals surface area contributed by atoms with Crippen LogP contribution in [-0.4, -0.2) is 31.2 Å². The van der Waals surface area contributed by atoms with Crippen LogP contribution in [0.4, 0.5) is 11.4 Å². The van der Waals surface area contributed by atoms with Crippen molar-refractivity contribution in [2.45, 2.75) is 0 Å². The topological polar surface area (TPSA) is 138 Å². The lowest BCUT2D eigenvalue weighted by Gasteiger charge is -2.12. The van der Waals surface area contributed by atoms with E-state index in [1.807, 2.05) is 6.07 Å². The normalized spacial score (nSPS) is 10.8. The van der Waals surface area contributed by atoms with Gasteiger partial charge in [-0.3, -0.25) is 29.8 Å². The molecule has 0 radical (unpaired) electrons. The first kappa shape index (κ1) is 28.6. The molecular formula is C35H22N4O6. The average Bonchev–Trinajstić information content (AvgIpc) is 3.53. The van der Waals surface area contributed by atoms with Gasteiger partial charge < -0.3 is 0 Å². The third-order valence-corrected chi connectivity index (χ3v) is 7.27. The van der Waals surface area contributed by atoms with Gasteiger partial charge in [0.15, 0.2) is 11.6 Å². The minimum absolute atomic E-state index is 0.129. The fourth-order valence-corrected chi connectivity index (χ4v) is 5.08. The second kappa shape index (κ2) is 12.0. The number of carbonyl (C=O) groups is 2. The summed E-state index contributed by atoms with van der Waals surface area (Å²) in [4.78, 5) is 50.3. The van der Waals surface area contributed by atoms with Crippen molar-refractivity contribution in [1.82, 2.24) is 9.78 Å². The lowest BCUT2D eigenvalue weighted by atomic mass is 9.89. The van der Waals surface area contributed by atoms with Crippen LogP contribution in [0, 0.1) is 20.2 Å². The largest absolute Gasteiger partial charge is 0.289 e. The Kier molecular flexibility index (Phi) is 7.60. The van der Waals surface area contributed by atoms with Gasteiger partial charge in [-0.2, -0.15) is 5.10 Å². The van der Waals surface area contributed by atoms with Crippen LogP contribution in [-0.2, 0) is 0 Å². The van der Waals surface area contributed by atoms with Gasteiger partial charge in [0, 0.05) is 69.4 Å². The lowest BCUT2D eigenvalue weighted by Crippen LogP contribution is -2.06. The molecule has 0 aliphatic rings. The highest BCUT2D eigenvalue weighted by molar-refractivity contribution is 6.15. The summed E-state index contributed by atoms with van der Waals surface area (Å²) in [7, 11) is 0. The number of hydrogen-bond donors (Lipinski definition) is 0. The number of para-hydroxylation sites is 1. The molecule has 1 heterocycles. The maximum absolute atomic E-state index is 13.8. The van der Waals surface area contributed by atoms with Crippen molar-refractivity contribution >= 4 is 22.9 Å². The van der Waals surface area contributed by atoms with Crippen molar-refractivity contribution in [2.24, 2.45) is 0 Å². The Morgan fingerprint density at radius 3 is 1.49 bits per heavy atom. The Morgan fingerprint density at radius 2 is 1.00 bits per heavy atom. The summed E-state index contributed by atoms with van der Waals surface area (Å²) in [6.07, 6.45) is 1.60. The summed E-state index contributed by atoms with van der Waals surface area (Å²) in [5.74, 6) is -0.793. The molecule has 45 heavy (non-hydrogen) atoms. The minimum atomic E-state index is -0.578. The molecule has 0 amide bonds. The van der Waals surface area contributed by atoms with E-state index in [0.717, 1.165) is 0 Å². The maximum atomic E-state index is 13.8. The van der Waals surface area contributed by atoms with Gasteiger partial charge in [-0.25, -0.2) is 4.68 Å². The standard InChI is InChI=1S/C35H22N4O6/c40-34(23-10-4-1-5-11-23)28-18-16-26(38(42)43)20-30(28)32-22-37(25-14-8-3-9-15-25)36-33(32)31-21-27(39(44)45)17-19-29(31)35(41)24-12-6-2-7-13-24/h1-22H. The van der Waals surface area contributed by atoms with Gasteiger partial charge in [-0.05, 0) is 24.3 Å². The molecule has 0 aliphatic heterocycles. The van der Waals surface area contributed by atoms with Crippen LogP contribution in [0.2, 0.25) is 0 Å². The first-order valence-corrected chi connectivity index (χ1v) is 13.7. The minimum Gasteiger partial charge on any atom is -0.289 e. The number of nitro groups is 2. The molecular weight excluding hydrogens is 572 g/mol. The highest BCUT2D eigenvalue weighted by atomic mass is 16.6. The van der Waals surface area contributed by atoms with Gasteiger partial charge in [-0.1, -0.05) is 78.9 Å². The number of ketones is 2. The molecule has 0 bridgehead atoms. The number of aromatic nitrogens is 2. The molecule has 0 saturated carbocycles. The van der Waals surface area contributed by atoms with Gasteiger partial charge >= 0.3 is 0 Å². The Balaban J connectivity index is 1.67. The van der Waals surface area contributed by atoms with E-state index < -0.39 is 21.4 Å². The van der Waals surface area contributed by atoms with E-state index in [1.165, 1.54) is 41.1 Å². The van der Waals surface area contributed by atoms with Crippen LogP contribution in [0.1, 0.15) is 31.8 Å². The summed E-state index contributed by atoms with van der Waals surface area (Å²) >= 11 is 0. The fraction of sp³-hybridized carbons (Fsp3) is 0. The molecule has 10 nitrogen and oxygen atoms in total. The monoisotopic (exact) mass is 594 g/mol. The molecule has 0 spiro atoms. The zero-order valence-electron chi connectivity index (χ0n) is 23.4. The van der Waals surface area contributed by atoms with Crippen molar-refractivity contribution in [3.63, 3.8) is 0 Å². The summed E-state index contributed by atoms with van der Waals surface area (Å²) in [5, 5.41) is 28.6. The van der Waals surface area contributed by atoms with Gasteiger partial charge in [-0.15, -0.1) is 0 Å². The Labute approximate surface area is 256 Å². The van der Waals surface area contributed by atoms with E-state index in [0.29, 0.717) is 16.8 Å². The van der Waals surface area contributed by atoms with Gasteiger partial charge in [0.25, 0.3) is 11.4 Å². The second-order valence-corrected chi connectivity index (χ2v) is 10.0. The SMILES string of the molecule is O=C(c1ccccc1)c1ccc([N+](=O)[O-])cc1-c1cn(-c2ccccc2)nc1-c1cc([N+](=O)[O-])ccc1C(=O)c1ccccc1. The van der Waals surface area contributed by atoms with E-state index >= 15 is 0 Å². The average molecular weight is 595 g/mol. The number of hydrogen-bond acceptors (Lipinski definition) is 7. The first-order chi connectivity index (χ1) is 21.8. The van der Waals surface area contributed by atoms with Gasteiger partial charge in [0.05, 0.1) is 15.5 Å². The molecule has 0 aliphatic carbocycles. The molecule has 0 atom stereocenters. The zero-order chi connectivity index (χ0) is 31.5. The molecule has 0 fully saturated rings. The van der Waals surface area contributed by atoms with Gasteiger partial charge in [0.2, 0.25) is 0 Å². The Bertz CT molecular complexity index is 1960.